The molecular formula is C15H24N4O. The maximum atomic E-state index is 12.1. The van der Waals surface area contributed by atoms with E-state index < -0.39 is 0 Å². The maximum absolute atomic E-state index is 12.1. The van der Waals surface area contributed by atoms with E-state index in [2.05, 4.69) is 23.8 Å². The molecule has 1 aromatic carbocycles. The predicted molar refractivity (Wildman–Crippen MR) is 83.2 cm³/mol. The van der Waals surface area contributed by atoms with Gasteiger partial charge in [0.25, 0.3) is 5.91 Å². The Hall–Kier alpha value is -1.75. The molecule has 5 heteroatoms. The highest BCUT2D eigenvalue weighted by Gasteiger charge is 2.23. The van der Waals surface area contributed by atoms with Crippen LogP contribution in [0.15, 0.2) is 18.2 Å². The third-order valence-electron chi connectivity index (χ3n) is 3.98. The van der Waals surface area contributed by atoms with Crippen molar-refractivity contribution in [1.82, 2.24) is 9.80 Å². The Morgan fingerprint density at radius 2 is 2.05 bits per heavy atom. The smallest absolute Gasteiger partial charge is 0.253 e. The molecule has 0 radical (unpaired) electrons. The third kappa shape index (κ3) is 2.88. The van der Waals surface area contributed by atoms with Gasteiger partial charge in [0.05, 0.1) is 11.4 Å². The van der Waals surface area contributed by atoms with Crippen LogP contribution in [0.3, 0.4) is 0 Å². The number of piperazine rings is 1. The van der Waals surface area contributed by atoms with Crippen LogP contribution in [-0.2, 0) is 0 Å². The summed E-state index contributed by atoms with van der Waals surface area (Å²) < 4.78 is 0. The van der Waals surface area contributed by atoms with Crippen LogP contribution in [0.2, 0.25) is 0 Å². The molecule has 1 unspecified atom stereocenters. The Kier molecular flexibility index (Phi) is 4.18. The summed E-state index contributed by atoms with van der Waals surface area (Å²) in [5.41, 5.74) is 8.49. The lowest BCUT2D eigenvalue weighted by Crippen LogP contribution is -2.50. The number of carbonyl (C=O) groups is 1. The maximum Gasteiger partial charge on any atom is 0.253 e. The van der Waals surface area contributed by atoms with E-state index in [1.165, 1.54) is 0 Å². The van der Waals surface area contributed by atoms with Gasteiger partial charge in [-0.25, -0.2) is 0 Å². The fourth-order valence-electron chi connectivity index (χ4n) is 2.48. The van der Waals surface area contributed by atoms with Crippen LogP contribution in [0.4, 0.5) is 11.4 Å². The van der Waals surface area contributed by atoms with Crippen molar-refractivity contribution in [3.05, 3.63) is 23.8 Å². The van der Waals surface area contributed by atoms with Crippen LogP contribution < -0.4 is 10.6 Å². The first-order valence-corrected chi connectivity index (χ1v) is 6.96. The van der Waals surface area contributed by atoms with Crippen molar-refractivity contribution in [2.24, 2.45) is 0 Å². The second-order valence-electron chi connectivity index (χ2n) is 5.75. The van der Waals surface area contributed by atoms with Gasteiger partial charge in [-0.3, -0.25) is 4.79 Å². The molecule has 20 heavy (non-hydrogen) atoms. The molecule has 0 aromatic heterocycles. The van der Waals surface area contributed by atoms with Gasteiger partial charge < -0.3 is 20.4 Å². The van der Waals surface area contributed by atoms with Gasteiger partial charge >= 0.3 is 0 Å². The Labute approximate surface area is 120 Å². The number of likely N-dealkylation sites (N-methyl/N-ethyl adjacent to an activating group) is 1. The Balaban J connectivity index is 2.27. The van der Waals surface area contributed by atoms with E-state index in [0.717, 1.165) is 31.0 Å². The largest absolute Gasteiger partial charge is 0.397 e. The molecule has 1 fully saturated rings. The highest BCUT2D eigenvalue weighted by Crippen LogP contribution is 2.27. The molecular weight excluding hydrogens is 252 g/mol. The van der Waals surface area contributed by atoms with Gasteiger partial charge in [-0.05, 0) is 32.2 Å². The monoisotopic (exact) mass is 276 g/mol. The standard InChI is InChI=1S/C15H24N4O/c1-11-10-19(8-7-18(11)4)14-9-12(5-6-13(14)16)15(20)17(2)3/h5-6,9,11H,7-8,10,16H2,1-4H3. The van der Waals surface area contributed by atoms with Gasteiger partial charge in [0.2, 0.25) is 0 Å². The van der Waals surface area contributed by atoms with Crippen LogP contribution in [0, 0.1) is 0 Å². The number of carbonyl (C=O) groups excluding carboxylic acids is 1. The zero-order valence-electron chi connectivity index (χ0n) is 12.8. The van der Waals surface area contributed by atoms with Crippen molar-refractivity contribution in [1.29, 1.82) is 0 Å². The van der Waals surface area contributed by atoms with Crippen LogP contribution in [-0.4, -0.2) is 62.5 Å². The minimum Gasteiger partial charge on any atom is -0.397 e. The van der Waals surface area contributed by atoms with Crippen LogP contribution in [0.1, 0.15) is 17.3 Å². The summed E-state index contributed by atoms with van der Waals surface area (Å²) in [7, 11) is 5.66. The normalized spacial score (nSPS) is 20.0. The molecule has 1 atom stereocenters. The SMILES string of the molecule is CC1CN(c2cc(C(=O)N(C)C)ccc2N)CCN1C. The second-order valence-corrected chi connectivity index (χ2v) is 5.75. The van der Waals surface area contributed by atoms with Crippen molar-refractivity contribution in [2.45, 2.75) is 13.0 Å². The number of nitrogens with two attached hydrogens (primary N) is 1. The number of anilines is 2. The van der Waals surface area contributed by atoms with Gasteiger partial charge in [-0.15, -0.1) is 0 Å². The molecule has 110 valence electrons. The Morgan fingerprint density at radius 1 is 1.35 bits per heavy atom. The number of hydrogen-bond acceptors (Lipinski definition) is 4. The highest BCUT2D eigenvalue weighted by atomic mass is 16.2. The lowest BCUT2D eigenvalue weighted by atomic mass is 10.1. The zero-order chi connectivity index (χ0) is 14.9. The summed E-state index contributed by atoms with van der Waals surface area (Å²) in [4.78, 5) is 18.3. The molecule has 0 bridgehead atoms. The lowest BCUT2D eigenvalue weighted by Gasteiger charge is -2.39. The Bertz CT molecular complexity index is 501. The molecule has 1 aromatic rings. The molecule has 2 N–H and O–H groups in total. The van der Waals surface area contributed by atoms with Gasteiger partial charge in [0, 0.05) is 45.3 Å². The molecule has 1 aliphatic rings. The topological polar surface area (TPSA) is 52.8 Å². The molecule has 1 saturated heterocycles. The summed E-state index contributed by atoms with van der Waals surface area (Å²) in [6.45, 7) is 5.08. The van der Waals surface area contributed by atoms with Crippen molar-refractivity contribution in [2.75, 3.05) is 51.4 Å². The lowest BCUT2D eigenvalue weighted by molar-refractivity contribution is 0.0827. The number of benzene rings is 1. The van der Waals surface area contributed by atoms with Crippen LogP contribution in [0.25, 0.3) is 0 Å². The number of amides is 1. The fourth-order valence-corrected chi connectivity index (χ4v) is 2.48. The van der Waals surface area contributed by atoms with E-state index >= 15 is 0 Å². The van der Waals surface area contributed by atoms with Crippen molar-refractivity contribution in [3.8, 4) is 0 Å². The number of nitrogens with zero attached hydrogens (tertiary/aromatic N) is 3. The quantitative estimate of drug-likeness (QED) is 0.822. The fraction of sp³-hybridized carbons (Fsp3) is 0.533. The van der Waals surface area contributed by atoms with Gasteiger partial charge in [-0.1, -0.05) is 0 Å². The summed E-state index contributed by atoms with van der Waals surface area (Å²) >= 11 is 0. The molecule has 0 aliphatic carbocycles. The van der Waals surface area contributed by atoms with Crippen molar-refractivity contribution in [3.63, 3.8) is 0 Å². The van der Waals surface area contributed by atoms with E-state index in [-0.39, 0.29) is 5.91 Å². The average molecular weight is 276 g/mol. The van der Waals surface area contributed by atoms with E-state index in [1.807, 2.05) is 12.1 Å². The third-order valence-corrected chi connectivity index (χ3v) is 3.98. The number of hydrogen-bond donors (Lipinski definition) is 1. The minimum atomic E-state index is 0.00780. The molecule has 1 amide bonds. The van der Waals surface area contributed by atoms with Gasteiger partial charge in [0.1, 0.15) is 0 Å². The van der Waals surface area contributed by atoms with E-state index in [4.69, 9.17) is 5.73 Å². The predicted octanol–water partition coefficient (Wildman–Crippen LogP) is 1.11. The highest BCUT2D eigenvalue weighted by molar-refractivity contribution is 5.96. The molecule has 2 rings (SSSR count). The van der Waals surface area contributed by atoms with Crippen LogP contribution in [0.5, 0.6) is 0 Å². The molecule has 1 heterocycles. The molecule has 0 saturated carbocycles. The summed E-state index contributed by atoms with van der Waals surface area (Å²) in [5, 5.41) is 0. The van der Waals surface area contributed by atoms with E-state index in [9.17, 15) is 4.79 Å². The van der Waals surface area contributed by atoms with Gasteiger partial charge in [-0.2, -0.15) is 0 Å². The van der Waals surface area contributed by atoms with E-state index in [1.54, 1.807) is 25.1 Å². The number of nitrogen functional groups attached to an aromatic ring is 1. The van der Waals surface area contributed by atoms with Gasteiger partial charge in [0.15, 0.2) is 0 Å². The average Bonchev–Trinajstić information content (AvgIpc) is 2.41. The summed E-state index contributed by atoms with van der Waals surface area (Å²) in [6.07, 6.45) is 0. The number of rotatable bonds is 2. The van der Waals surface area contributed by atoms with Crippen molar-refractivity contribution >= 4 is 17.3 Å². The second kappa shape index (κ2) is 5.71. The van der Waals surface area contributed by atoms with Crippen molar-refractivity contribution < 1.29 is 4.79 Å². The Morgan fingerprint density at radius 3 is 2.65 bits per heavy atom. The van der Waals surface area contributed by atoms with Crippen LogP contribution >= 0.6 is 0 Å². The summed E-state index contributed by atoms with van der Waals surface area (Å²) in [6, 6.07) is 6.02. The zero-order valence-corrected chi connectivity index (χ0v) is 12.8. The molecule has 0 spiro atoms. The summed E-state index contributed by atoms with van der Waals surface area (Å²) in [5.74, 6) is 0.00780. The molecule has 1 aliphatic heterocycles. The first kappa shape index (κ1) is 14.7. The minimum absolute atomic E-state index is 0.00780. The van der Waals surface area contributed by atoms with E-state index in [0.29, 0.717) is 11.6 Å². The first-order valence-electron chi connectivity index (χ1n) is 6.96. The molecule has 5 nitrogen and oxygen atoms in total. The first-order chi connectivity index (χ1) is 9.40.